The topological polar surface area (TPSA) is 81.8 Å². The molecule has 0 heterocycles. The molecule has 2 aromatic rings. The van der Waals surface area contributed by atoms with Crippen molar-refractivity contribution in [2.24, 2.45) is 5.73 Å². The third-order valence-electron chi connectivity index (χ3n) is 3.52. The van der Waals surface area contributed by atoms with Gasteiger partial charge in [-0.25, -0.2) is 4.79 Å². The molecule has 3 N–H and O–H groups in total. The summed E-state index contributed by atoms with van der Waals surface area (Å²) < 4.78 is 37.8. The fourth-order valence-corrected chi connectivity index (χ4v) is 2.17. The van der Waals surface area contributed by atoms with E-state index in [1.807, 2.05) is 30.3 Å². The van der Waals surface area contributed by atoms with Gasteiger partial charge in [-0.05, 0) is 24.6 Å². The number of esters is 1. The Morgan fingerprint density at radius 1 is 1.24 bits per heavy atom. The molecule has 0 aliphatic heterocycles. The Bertz CT molecular complexity index is 722. The summed E-state index contributed by atoms with van der Waals surface area (Å²) in [7, 11) is 0. The largest absolute Gasteiger partial charge is 0.507 e. The molecule has 0 radical (unpaired) electrons. The van der Waals surface area contributed by atoms with E-state index >= 15 is 0 Å². The quantitative estimate of drug-likeness (QED) is 0.749. The van der Waals surface area contributed by atoms with Gasteiger partial charge in [0.25, 0.3) is 0 Å². The van der Waals surface area contributed by atoms with Gasteiger partial charge in [-0.2, -0.15) is 8.78 Å². The second kappa shape index (κ2) is 7.94. The van der Waals surface area contributed by atoms with Crippen LogP contribution < -0.4 is 10.5 Å². The van der Waals surface area contributed by atoms with Gasteiger partial charge in [0.2, 0.25) is 0 Å². The molecule has 0 saturated carbocycles. The molecule has 0 amide bonds. The number of alkyl halides is 2. The van der Waals surface area contributed by atoms with Gasteiger partial charge in [-0.3, -0.25) is 0 Å². The predicted molar refractivity (Wildman–Crippen MR) is 87.4 cm³/mol. The lowest BCUT2D eigenvalue weighted by atomic mass is 10.00. The minimum Gasteiger partial charge on any atom is -0.507 e. The molecule has 2 rings (SSSR count). The van der Waals surface area contributed by atoms with Gasteiger partial charge in [0.1, 0.15) is 24.1 Å². The van der Waals surface area contributed by atoms with Crippen LogP contribution in [-0.2, 0) is 16.1 Å². The van der Waals surface area contributed by atoms with Gasteiger partial charge in [-0.1, -0.05) is 30.3 Å². The summed E-state index contributed by atoms with van der Waals surface area (Å²) in [5.41, 5.74) is 6.11. The van der Waals surface area contributed by atoms with Gasteiger partial charge in [-0.15, -0.1) is 0 Å². The fraction of sp³-hybridized carbons (Fsp3) is 0.278. The monoisotopic (exact) mass is 351 g/mol. The molecule has 0 spiro atoms. The van der Waals surface area contributed by atoms with Gasteiger partial charge in [0.15, 0.2) is 0 Å². The van der Waals surface area contributed by atoms with Crippen LogP contribution in [0.1, 0.15) is 24.1 Å². The van der Waals surface area contributed by atoms with E-state index in [4.69, 9.17) is 10.5 Å². The highest BCUT2D eigenvalue weighted by molar-refractivity contribution is 5.79. The Morgan fingerprint density at radius 3 is 2.52 bits per heavy atom. The zero-order valence-electron chi connectivity index (χ0n) is 13.6. The number of carbonyl (C=O) groups excluding carboxylic acids is 1. The SMILES string of the molecule is CCOC(=O)C(F)(F)[C@H](N)c1ccc(OCc2ccccc2)cc1O. The van der Waals surface area contributed by atoms with Gasteiger partial charge >= 0.3 is 11.9 Å². The van der Waals surface area contributed by atoms with Crippen LogP contribution in [0.5, 0.6) is 11.5 Å². The van der Waals surface area contributed by atoms with Crippen LogP contribution in [0.15, 0.2) is 48.5 Å². The zero-order chi connectivity index (χ0) is 18.4. The maximum atomic E-state index is 14.0. The molecule has 0 aliphatic carbocycles. The molecule has 0 aliphatic rings. The Hall–Kier alpha value is -2.67. The van der Waals surface area contributed by atoms with Crippen molar-refractivity contribution in [3.8, 4) is 11.5 Å². The zero-order valence-corrected chi connectivity index (χ0v) is 13.6. The van der Waals surface area contributed by atoms with Crippen molar-refractivity contribution in [3.63, 3.8) is 0 Å². The minimum absolute atomic E-state index is 0.195. The van der Waals surface area contributed by atoms with E-state index in [0.717, 1.165) is 5.56 Å². The van der Waals surface area contributed by atoms with Crippen LogP contribution in [0, 0.1) is 0 Å². The van der Waals surface area contributed by atoms with Crippen molar-refractivity contribution in [2.75, 3.05) is 6.61 Å². The molecular formula is C18H19F2NO4. The predicted octanol–water partition coefficient (Wildman–Crippen LogP) is 3.17. The number of rotatable bonds is 7. The van der Waals surface area contributed by atoms with Crippen LogP contribution >= 0.6 is 0 Å². The highest BCUT2D eigenvalue weighted by Gasteiger charge is 2.48. The number of hydrogen-bond acceptors (Lipinski definition) is 5. The molecule has 134 valence electrons. The third-order valence-corrected chi connectivity index (χ3v) is 3.52. The summed E-state index contributed by atoms with van der Waals surface area (Å²) in [4.78, 5) is 11.4. The van der Waals surface area contributed by atoms with Crippen LogP contribution in [0.2, 0.25) is 0 Å². The third kappa shape index (κ3) is 4.45. The van der Waals surface area contributed by atoms with Crippen molar-refractivity contribution in [2.45, 2.75) is 25.5 Å². The second-order valence-electron chi connectivity index (χ2n) is 5.32. The van der Waals surface area contributed by atoms with E-state index in [9.17, 15) is 18.7 Å². The van der Waals surface area contributed by atoms with E-state index in [0.29, 0.717) is 0 Å². The number of hydrogen-bond donors (Lipinski definition) is 2. The first-order valence-electron chi connectivity index (χ1n) is 7.66. The normalized spacial score (nSPS) is 12.5. The van der Waals surface area contributed by atoms with Crippen LogP contribution in [-0.4, -0.2) is 23.6 Å². The van der Waals surface area contributed by atoms with E-state index in [-0.39, 0.29) is 24.5 Å². The number of phenolic OH excluding ortho intramolecular Hbond substituents is 1. The molecule has 2 aromatic carbocycles. The van der Waals surface area contributed by atoms with Crippen molar-refractivity contribution >= 4 is 5.97 Å². The Balaban J connectivity index is 2.11. The van der Waals surface area contributed by atoms with Crippen LogP contribution in [0.4, 0.5) is 8.78 Å². The number of nitrogens with two attached hydrogens (primary N) is 1. The molecule has 0 unspecified atom stereocenters. The summed E-state index contributed by atoms with van der Waals surface area (Å²) >= 11 is 0. The average Bonchev–Trinajstić information content (AvgIpc) is 2.60. The summed E-state index contributed by atoms with van der Waals surface area (Å²) in [6.07, 6.45) is 0. The summed E-state index contributed by atoms with van der Waals surface area (Å²) in [6.45, 7) is 1.47. The molecule has 7 heteroatoms. The van der Waals surface area contributed by atoms with Crippen molar-refractivity contribution in [1.29, 1.82) is 0 Å². The smallest absolute Gasteiger partial charge is 0.379 e. The second-order valence-corrected chi connectivity index (χ2v) is 5.32. The lowest BCUT2D eigenvalue weighted by Gasteiger charge is -2.22. The molecule has 0 fully saturated rings. The maximum Gasteiger partial charge on any atom is 0.379 e. The Kier molecular flexibility index (Phi) is 5.93. The van der Waals surface area contributed by atoms with Crippen LogP contribution in [0.25, 0.3) is 0 Å². The highest BCUT2D eigenvalue weighted by Crippen LogP contribution is 2.36. The van der Waals surface area contributed by atoms with Crippen molar-refractivity contribution in [1.82, 2.24) is 0 Å². The number of phenols is 1. The molecule has 0 saturated heterocycles. The van der Waals surface area contributed by atoms with E-state index in [1.54, 1.807) is 0 Å². The molecule has 5 nitrogen and oxygen atoms in total. The number of halogens is 2. The molecule has 1 atom stereocenters. The van der Waals surface area contributed by atoms with Gasteiger partial charge in [0, 0.05) is 11.6 Å². The molecule has 0 aromatic heterocycles. The van der Waals surface area contributed by atoms with E-state index in [1.165, 1.54) is 25.1 Å². The number of ether oxygens (including phenoxy) is 2. The number of carbonyl (C=O) groups is 1. The number of aromatic hydroxyl groups is 1. The van der Waals surface area contributed by atoms with E-state index < -0.39 is 23.7 Å². The summed E-state index contributed by atoms with van der Waals surface area (Å²) in [5.74, 6) is -5.88. The highest BCUT2D eigenvalue weighted by atomic mass is 19.3. The number of benzene rings is 2. The molecule has 25 heavy (non-hydrogen) atoms. The first kappa shape index (κ1) is 18.7. The first-order chi connectivity index (χ1) is 11.9. The van der Waals surface area contributed by atoms with Crippen molar-refractivity contribution < 1.29 is 28.2 Å². The Labute approximate surface area is 144 Å². The Morgan fingerprint density at radius 2 is 1.92 bits per heavy atom. The lowest BCUT2D eigenvalue weighted by molar-refractivity contribution is -0.174. The molecule has 0 bridgehead atoms. The summed E-state index contributed by atoms with van der Waals surface area (Å²) in [6, 6.07) is 11.1. The fourth-order valence-electron chi connectivity index (χ4n) is 2.17. The van der Waals surface area contributed by atoms with Gasteiger partial charge < -0.3 is 20.3 Å². The van der Waals surface area contributed by atoms with E-state index in [2.05, 4.69) is 4.74 Å². The average molecular weight is 351 g/mol. The first-order valence-corrected chi connectivity index (χ1v) is 7.66. The standard InChI is InChI=1S/C18H19F2NO4/c1-2-24-17(23)18(19,20)16(21)14-9-8-13(10-15(14)22)25-11-12-6-4-3-5-7-12/h3-10,16,22H,2,11,21H2,1H3/t16-/m1/s1. The van der Waals surface area contributed by atoms with Crippen LogP contribution in [0.3, 0.4) is 0 Å². The van der Waals surface area contributed by atoms with Gasteiger partial charge in [0.05, 0.1) is 6.61 Å². The minimum atomic E-state index is -3.96. The molecular weight excluding hydrogens is 332 g/mol. The summed E-state index contributed by atoms with van der Waals surface area (Å²) in [5, 5.41) is 9.99. The lowest BCUT2D eigenvalue weighted by Crippen LogP contribution is -2.41. The maximum absolute atomic E-state index is 14.0. The van der Waals surface area contributed by atoms with Crippen molar-refractivity contribution in [3.05, 3.63) is 59.7 Å².